The molecular weight excluding hydrogens is 319 g/mol. The van der Waals surface area contributed by atoms with Crippen LogP contribution in [0.5, 0.6) is 0 Å². The summed E-state index contributed by atoms with van der Waals surface area (Å²) >= 11 is 0. The molecular formula is C16H21FN2O3S. The standard InChI is InChI=1S/C16H21FN2O3S/c1-23(21,22)19-10-2-3-14(11-19)18-15(20)16(8-9-16)12-4-6-13(17)7-5-12/h4-7,14H,2-3,8-11H2,1H3,(H,18,20)/t14-/m1/s1. The number of amides is 1. The van der Waals surface area contributed by atoms with Crippen molar-refractivity contribution in [1.29, 1.82) is 0 Å². The van der Waals surface area contributed by atoms with Gasteiger partial charge in [-0.1, -0.05) is 12.1 Å². The van der Waals surface area contributed by atoms with Crippen molar-refractivity contribution < 1.29 is 17.6 Å². The van der Waals surface area contributed by atoms with Crippen LogP contribution in [0, 0.1) is 5.82 Å². The van der Waals surface area contributed by atoms with E-state index in [-0.39, 0.29) is 17.8 Å². The number of piperidine rings is 1. The van der Waals surface area contributed by atoms with Crippen LogP contribution in [0.3, 0.4) is 0 Å². The Labute approximate surface area is 135 Å². The van der Waals surface area contributed by atoms with E-state index < -0.39 is 15.4 Å². The van der Waals surface area contributed by atoms with Crippen LogP contribution in [0.15, 0.2) is 24.3 Å². The lowest BCUT2D eigenvalue weighted by molar-refractivity contribution is -0.124. The first-order valence-corrected chi connectivity index (χ1v) is 9.68. The highest BCUT2D eigenvalue weighted by atomic mass is 32.2. The summed E-state index contributed by atoms with van der Waals surface area (Å²) in [6.45, 7) is 0.832. The van der Waals surface area contributed by atoms with Gasteiger partial charge in [-0.3, -0.25) is 4.79 Å². The van der Waals surface area contributed by atoms with Crippen molar-refractivity contribution in [2.75, 3.05) is 19.3 Å². The molecule has 3 rings (SSSR count). The predicted octanol–water partition coefficient (Wildman–Crippen LogP) is 1.40. The number of nitrogens with one attached hydrogen (secondary N) is 1. The third kappa shape index (κ3) is 3.40. The Morgan fingerprint density at radius 1 is 1.30 bits per heavy atom. The van der Waals surface area contributed by atoms with Gasteiger partial charge in [0.1, 0.15) is 5.82 Å². The van der Waals surface area contributed by atoms with Crippen molar-refractivity contribution >= 4 is 15.9 Å². The van der Waals surface area contributed by atoms with Crippen LogP contribution in [0.4, 0.5) is 4.39 Å². The zero-order valence-corrected chi connectivity index (χ0v) is 13.9. The van der Waals surface area contributed by atoms with Crippen molar-refractivity contribution in [1.82, 2.24) is 9.62 Å². The maximum atomic E-state index is 13.1. The molecule has 1 saturated heterocycles. The Bertz CT molecular complexity index is 699. The number of carbonyl (C=O) groups is 1. The first-order valence-electron chi connectivity index (χ1n) is 7.83. The van der Waals surface area contributed by atoms with Gasteiger partial charge in [-0.25, -0.2) is 17.1 Å². The molecule has 1 aromatic rings. The second-order valence-electron chi connectivity index (χ2n) is 6.52. The highest BCUT2D eigenvalue weighted by Crippen LogP contribution is 2.48. The van der Waals surface area contributed by atoms with Crippen LogP contribution in [0.1, 0.15) is 31.2 Å². The minimum absolute atomic E-state index is 0.0792. The van der Waals surface area contributed by atoms with Gasteiger partial charge in [0.2, 0.25) is 15.9 Å². The molecule has 23 heavy (non-hydrogen) atoms. The van der Waals surface area contributed by atoms with Crippen LogP contribution >= 0.6 is 0 Å². The van der Waals surface area contributed by atoms with Gasteiger partial charge in [0.05, 0.1) is 11.7 Å². The van der Waals surface area contributed by atoms with Gasteiger partial charge in [-0.2, -0.15) is 0 Å². The Morgan fingerprint density at radius 2 is 1.96 bits per heavy atom. The monoisotopic (exact) mass is 340 g/mol. The SMILES string of the molecule is CS(=O)(=O)N1CCC[C@@H](NC(=O)C2(c3ccc(F)cc3)CC2)C1. The van der Waals surface area contributed by atoms with Crippen molar-refractivity contribution in [2.45, 2.75) is 37.1 Å². The number of sulfonamides is 1. The third-order valence-corrected chi connectivity index (χ3v) is 6.04. The molecule has 1 aromatic carbocycles. The number of nitrogens with zero attached hydrogens (tertiary/aromatic N) is 1. The van der Waals surface area contributed by atoms with Crippen LogP contribution in [-0.4, -0.2) is 44.0 Å². The normalized spacial score (nSPS) is 24.2. The fourth-order valence-corrected chi connectivity index (χ4v) is 4.14. The van der Waals surface area contributed by atoms with E-state index in [4.69, 9.17) is 0 Å². The van der Waals surface area contributed by atoms with Crippen molar-refractivity contribution in [3.05, 3.63) is 35.6 Å². The summed E-state index contributed by atoms with van der Waals surface area (Å²) in [5.74, 6) is -0.398. The number of carbonyl (C=O) groups excluding carboxylic acids is 1. The van der Waals surface area contributed by atoms with Gasteiger partial charge in [0, 0.05) is 19.1 Å². The molecule has 126 valence electrons. The van der Waals surface area contributed by atoms with Crippen molar-refractivity contribution in [3.63, 3.8) is 0 Å². The van der Waals surface area contributed by atoms with E-state index in [9.17, 15) is 17.6 Å². The zero-order valence-electron chi connectivity index (χ0n) is 13.1. The Kier molecular flexibility index (Phi) is 4.18. The average Bonchev–Trinajstić information content (AvgIpc) is 3.29. The topological polar surface area (TPSA) is 66.5 Å². The Morgan fingerprint density at radius 3 is 2.52 bits per heavy atom. The lowest BCUT2D eigenvalue weighted by atomic mass is 9.94. The second-order valence-corrected chi connectivity index (χ2v) is 8.51. The summed E-state index contributed by atoms with van der Waals surface area (Å²) in [5, 5.41) is 3.00. The summed E-state index contributed by atoms with van der Waals surface area (Å²) in [7, 11) is -3.23. The second kappa shape index (κ2) is 5.87. The minimum atomic E-state index is -3.23. The van der Waals surface area contributed by atoms with Gasteiger partial charge in [-0.05, 0) is 43.4 Å². The summed E-state index contributed by atoms with van der Waals surface area (Å²) in [5.41, 5.74) is 0.258. The molecule has 2 fully saturated rings. The quantitative estimate of drug-likeness (QED) is 0.901. The van der Waals surface area contributed by atoms with E-state index in [0.29, 0.717) is 13.1 Å². The maximum Gasteiger partial charge on any atom is 0.230 e. The number of hydrogen-bond acceptors (Lipinski definition) is 3. The number of hydrogen-bond donors (Lipinski definition) is 1. The van der Waals surface area contributed by atoms with Crippen LogP contribution in [-0.2, 0) is 20.2 Å². The fourth-order valence-electron chi connectivity index (χ4n) is 3.23. The van der Waals surface area contributed by atoms with Gasteiger partial charge < -0.3 is 5.32 Å². The maximum absolute atomic E-state index is 13.1. The van der Waals surface area contributed by atoms with Crippen molar-refractivity contribution in [2.24, 2.45) is 0 Å². The lowest BCUT2D eigenvalue weighted by Gasteiger charge is -2.32. The molecule has 1 amide bonds. The molecule has 0 radical (unpaired) electrons. The molecule has 0 aromatic heterocycles. The van der Waals surface area contributed by atoms with E-state index >= 15 is 0 Å². The summed E-state index contributed by atoms with van der Waals surface area (Å²) < 4.78 is 37.8. The molecule has 0 unspecified atom stereocenters. The van der Waals surface area contributed by atoms with E-state index in [2.05, 4.69) is 5.32 Å². The van der Waals surface area contributed by atoms with Gasteiger partial charge in [0.25, 0.3) is 0 Å². The number of rotatable bonds is 4. The van der Waals surface area contributed by atoms with Crippen LogP contribution in [0.2, 0.25) is 0 Å². The molecule has 1 aliphatic carbocycles. The highest BCUT2D eigenvalue weighted by Gasteiger charge is 2.51. The molecule has 0 bridgehead atoms. The molecule has 1 heterocycles. The molecule has 2 aliphatic rings. The average molecular weight is 340 g/mol. The predicted molar refractivity (Wildman–Crippen MR) is 84.9 cm³/mol. The molecule has 1 saturated carbocycles. The molecule has 1 N–H and O–H groups in total. The van der Waals surface area contributed by atoms with E-state index in [1.807, 2.05) is 0 Å². The summed E-state index contributed by atoms with van der Waals surface area (Å²) in [6, 6.07) is 5.89. The lowest BCUT2D eigenvalue weighted by Crippen LogP contribution is -2.51. The molecule has 0 spiro atoms. The fraction of sp³-hybridized carbons (Fsp3) is 0.562. The Hall–Kier alpha value is -1.47. The smallest absolute Gasteiger partial charge is 0.230 e. The van der Waals surface area contributed by atoms with E-state index in [1.165, 1.54) is 22.7 Å². The first-order chi connectivity index (χ1) is 10.8. The molecule has 1 aliphatic heterocycles. The molecule has 1 atom stereocenters. The van der Waals surface area contributed by atoms with Crippen molar-refractivity contribution in [3.8, 4) is 0 Å². The van der Waals surface area contributed by atoms with Gasteiger partial charge in [0.15, 0.2) is 0 Å². The van der Waals surface area contributed by atoms with E-state index in [0.717, 1.165) is 31.2 Å². The largest absolute Gasteiger partial charge is 0.351 e. The zero-order chi connectivity index (χ0) is 16.7. The highest BCUT2D eigenvalue weighted by molar-refractivity contribution is 7.88. The number of halogens is 1. The molecule has 5 nitrogen and oxygen atoms in total. The summed E-state index contributed by atoms with van der Waals surface area (Å²) in [6.07, 6.45) is 4.19. The minimum Gasteiger partial charge on any atom is -0.351 e. The molecule has 7 heteroatoms. The van der Waals surface area contributed by atoms with Gasteiger partial charge >= 0.3 is 0 Å². The number of benzene rings is 1. The van der Waals surface area contributed by atoms with E-state index in [1.54, 1.807) is 12.1 Å². The van der Waals surface area contributed by atoms with Gasteiger partial charge in [-0.15, -0.1) is 0 Å². The Balaban J connectivity index is 1.68. The van der Waals surface area contributed by atoms with Crippen LogP contribution in [0.25, 0.3) is 0 Å². The third-order valence-electron chi connectivity index (χ3n) is 4.77. The first kappa shape index (κ1) is 16.4. The van der Waals surface area contributed by atoms with Crippen LogP contribution < -0.4 is 5.32 Å². The summed E-state index contributed by atoms with van der Waals surface area (Å²) in [4.78, 5) is 12.7.